The van der Waals surface area contributed by atoms with Crippen molar-refractivity contribution in [2.45, 2.75) is 20.3 Å². The first-order valence-corrected chi connectivity index (χ1v) is 10.1. The molecule has 0 atom stereocenters. The van der Waals surface area contributed by atoms with Gasteiger partial charge in [0.15, 0.2) is 5.13 Å². The molecule has 146 valence electrons. The van der Waals surface area contributed by atoms with E-state index < -0.39 is 0 Å². The van der Waals surface area contributed by atoms with Gasteiger partial charge in [-0.15, -0.1) is 11.3 Å². The van der Waals surface area contributed by atoms with E-state index in [0.717, 1.165) is 5.69 Å². The Balaban J connectivity index is 2.07. The van der Waals surface area contributed by atoms with E-state index in [-0.39, 0.29) is 18.4 Å². The van der Waals surface area contributed by atoms with Crippen LogP contribution in [0.3, 0.4) is 0 Å². The number of hydrogen-bond donors (Lipinski definition) is 1. The summed E-state index contributed by atoms with van der Waals surface area (Å²) in [7, 11) is 0. The van der Waals surface area contributed by atoms with Crippen molar-refractivity contribution in [1.29, 1.82) is 0 Å². The molecule has 2 amide bonds. The molecule has 0 aliphatic heterocycles. The third-order valence-corrected chi connectivity index (χ3v) is 5.19. The molecule has 0 radical (unpaired) electrons. The Morgan fingerprint density at radius 1 is 1.30 bits per heavy atom. The van der Waals surface area contributed by atoms with Crippen LogP contribution in [0.2, 0.25) is 10.0 Å². The average Bonchev–Trinajstić information content (AvgIpc) is 3.04. The predicted molar refractivity (Wildman–Crippen MR) is 109 cm³/mol. The molecule has 0 saturated carbocycles. The molecule has 6 nitrogen and oxygen atoms in total. The number of thiazole rings is 1. The van der Waals surface area contributed by atoms with Crippen LogP contribution in [0, 0.1) is 6.92 Å². The standard InChI is InChI=1S/C18H21Cl2N3O3S/c1-3-26-8-4-7-23(10-16(24)22-18-21-12(2)11-27-18)17(25)13-5-6-14(19)15(20)9-13/h5-6,9,11H,3-4,7-8,10H2,1-2H3,(H,21,22,24). The number of amides is 2. The van der Waals surface area contributed by atoms with Crippen molar-refractivity contribution in [2.24, 2.45) is 0 Å². The third kappa shape index (κ3) is 6.77. The SMILES string of the molecule is CCOCCCN(CC(=O)Nc1nc(C)cs1)C(=O)c1ccc(Cl)c(Cl)c1. The Bertz CT molecular complexity index is 798. The maximum absolute atomic E-state index is 12.9. The number of carbonyl (C=O) groups is 2. The molecule has 1 N–H and O–H groups in total. The van der Waals surface area contributed by atoms with Gasteiger partial charge in [-0.2, -0.15) is 0 Å². The van der Waals surface area contributed by atoms with Gasteiger partial charge in [-0.25, -0.2) is 4.98 Å². The van der Waals surface area contributed by atoms with Gasteiger partial charge in [0.1, 0.15) is 6.54 Å². The second-order valence-electron chi connectivity index (χ2n) is 5.75. The van der Waals surface area contributed by atoms with Crippen LogP contribution in [-0.2, 0) is 9.53 Å². The molecule has 9 heteroatoms. The minimum Gasteiger partial charge on any atom is -0.382 e. The number of aryl methyl sites for hydroxylation is 1. The maximum Gasteiger partial charge on any atom is 0.254 e. The molecule has 0 bridgehead atoms. The number of rotatable bonds is 9. The molecule has 27 heavy (non-hydrogen) atoms. The summed E-state index contributed by atoms with van der Waals surface area (Å²) < 4.78 is 5.32. The number of anilines is 1. The molecule has 1 aromatic heterocycles. The van der Waals surface area contributed by atoms with Crippen LogP contribution in [0.5, 0.6) is 0 Å². The number of aromatic nitrogens is 1. The number of carbonyl (C=O) groups excluding carboxylic acids is 2. The molecule has 0 saturated heterocycles. The van der Waals surface area contributed by atoms with Crippen molar-refractivity contribution in [2.75, 3.05) is 31.6 Å². The van der Waals surface area contributed by atoms with Crippen LogP contribution in [0.15, 0.2) is 23.6 Å². The molecule has 1 heterocycles. The van der Waals surface area contributed by atoms with Gasteiger partial charge in [-0.3, -0.25) is 9.59 Å². The van der Waals surface area contributed by atoms with Gasteiger partial charge in [-0.05, 0) is 38.5 Å². The van der Waals surface area contributed by atoms with Crippen LogP contribution < -0.4 is 5.32 Å². The number of benzene rings is 1. The van der Waals surface area contributed by atoms with E-state index in [1.807, 2.05) is 19.2 Å². The molecule has 0 fully saturated rings. The lowest BCUT2D eigenvalue weighted by Crippen LogP contribution is -2.39. The Kier molecular flexibility index (Phi) is 8.50. The highest BCUT2D eigenvalue weighted by Gasteiger charge is 2.20. The van der Waals surface area contributed by atoms with Crippen molar-refractivity contribution in [3.05, 3.63) is 44.9 Å². The number of halogens is 2. The van der Waals surface area contributed by atoms with E-state index >= 15 is 0 Å². The van der Waals surface area contributed by atoms with E-state index in [1.165, 1.54) is 22.3 Å². The fraction of sp³-hybridized carbons (Fsp3) is 0.389. The van der Waals surface area contributed by atoms with Crippen molar-refractivity contribution in [3.8, 4) is 0 Å². The molecule has 0 spiro atoms. The molecule has 0 aliphatic carbocycles. The highest BCUT2D eigenvalue weighted by atomic mass is 35.5. The lowest BCUT2D eigenvalue weighted by Gasteiger charge is -2.22. The van der Waals surface area contributed by atoms with E-state index in [1.54, 1.807) is 12.1 Å². The first-order valence-electron chi connectivity index (χ1n) is 8.44. The van der Waals surface area contributed by atoms with Crippen LogP contribution in [0.4, 0.5) is 5.13 Å². The summed E-state index contributed by atoms with van der Waals surface area (Å²) in [6, 6.07) is 4.66. The van der Waals surface area contributed by atoms with Gasteiger partial charge in [-0.1, -0.05) is 23.2 Å². The highest BCUT2D eigenvalue weighted by Crippen LogP contribution is 2.23. The van der Waals surface area contributed by atoms with E-state index in [9.17, 15) is 9.59 Å². The number of hydrogen-bond acceptors (Lipinski definition) is 5. The molecular weight excluding hydrogens is 409 g/mol. The van der Waals surface area contributed by atoms with Crippen molar-refractivity contribution >= 4 is 51.5 Å². The zero-order valence-corrected chi connectivity index (χ0v) is 17.5. The summed E-state index contributed by atoms with van der Waals surface area (Å²) >= 11 is 13.3. The summed E-state index contributed by atoms with van der Waals surface area (Å²) in [6.45, 7) is 5.15. The first kappa shape index (κ1) is 21.6. The lowest BCUT2D eigenvalue weighted by atomic mass is 10.2. The lowest BCUT2D eigenvalue weighted by molar-refractivity contribution is -0.116. The molecular formula is C18H21Cl2N3O3S. The molecule has 0 unspecified atom stereocenters. The Morgan fingerprint density at radius 2 is 2.07 bits per heavy atom. The van der Waals surface area contributed by atoms with Crippen LogP contribution in [0.25, 0.3) is 0 Å². The van der Waals surface area contributed by atoms with Gasteiger partial charge < -0.3 is 15.0 Å². The topological polar surface area (TPSA) is 71.5 Å². The van der Waals surface area contributed by atoms with E-state index in [4.69, 9.17) is 27.9 Å². The average molecular weight is 430 g/mol. The third-order valence-electron chi connectivity index (χ3n) is 3.57. The van der Waals surface area contributed by atoms with Gasteiger partial charge >= 0.3 is 0 Å². The van der Waals surface area contributed by atoms with Crippen molar-refractivity contribution in [1.82, 2.24) is 9.88 Å². The zero-order valence-electron chi connectivity index (χ0n) is 15.1. The van der Waals surface area contributed by atoms with Gasteiger partial charge in [0.25, 0.3) is 5.91 Å². The largest absolute Gasteiger partial charge is 0.382 e. The zero-order chi connectivity index (χ0) is 19.8. The predicted octanol–water partition coefficient (Wildman–Crippen LogP) is 4.27. The summed E-state index contributed by atoms with van der Waals surface area (Å²) in [5, 5.41) is 5.73. The second-order valence-corrected chi connectivity index (χ2v) is 7.42. The molecule has 1 aromatic carbocycles. The fourth-order valence-corrected chi connectivity index (χ4v) is 3.31. The minimum atomic E-state index is -0.311. The highest BCUT2D eigenvalue weighted by molar-refractivity contribution is 7.13. The second kappa shape index (κ2) is 10.6. The van der Waals surface area contributed by atoms with Crippen LogP contribution in [0.1, 0.15) is 29.4 Å². The van der Waals surface area contributed by atoms with Gasteiger partial charge in [0, 0.05) is 30.7 Å². The molecule has 2 rings (SSSR count). The summed E-state index contributed by atoms with van der Waals surface area (Å²) in [6.07, 6.45) is 0.616. The van der Waals surface area contributed by atoms with Crippen LogP contribution in [-0.4, -0.2) is 48.0 Å². The Labute approximate surface area is 172 Å². The van der Waals surface area contributed by atoms with Crippen LogP contribution >= 0.6 is 34.5 Å². The van der Waals surface area contributed by atoms with Gasteiger partial charge in [0.05, 0.1) is 15.7 Å². The first-order chi connectivity index (χ1) is 12.9. The Hall–Kier alpha value is -1.67. The van der Waals surface area contributed by atoms with Crippen molar-refractivity contribution < 1.29 is 14.3 Å². The normalized spacial score (nSPS) is 10.7. The summed E-state index contributed by atoms with van der Waals surface area (Å²) in [4.78, 5) is 30.9. The minimum absolute atomic E-state index is 0.0934. The monoisotopic (exact) mass is 429 g/mol. The maximum atomic E-state index is 12.9. The van der Waals surface area contributed by atoms with E-state index in [2.05, 4.69) is 10.3 Å². The van der Waals surface area contributed by atoms with E-state index in [0.29, 0.717) is 46.9 Å². The Morgan fingerprint density at radius 3 is 2.70 bits per heavy atom. The number of nitrogens with zero attached hydrogens (tertiary/aromatic N) is 2. The molecule has 0 aliphatic rings. The fourth-order valence-electron chi connectivity index (χ4n) is 2.31. The number of ether oxygens (including phenoxy) is 1. The van der Waals surface area contributed by atoms with Crippen molar-refractivity contribution in [3.63, 3.8) is 0 Å². The summed E-state index contributed by atoms with van der Waals surface area (Å²) in [5.74, 6) is -0.607. The van der Waals surface area contributed by atoms with Gasteiger partial charge in [0.2, 0.25) is 5.91 Å². The quantitative estimate of drug-likeness (QED) is 0.604. The summed E-state index contributed by atoms with van der Waals surface area (Å²) in [5.41, 5.74) is 1.20. The smallest absolute Gasteiger partial charge is 0.254 e. The molecule has 2 aromatic rings. The number of nitrogens with one attached hydrogen (secondary N) is 1.